The van der Waals surface area contributed by atoms with Crippen LogP contribution in [0.15, 0.2) is 42.5 Å². The zero-order valence-electron chi connectivity index (χ0n) is 9.34. The highest BCUT2D eigenvalue weighted by atomic mass is 35.5. The van der Waals surface area contributed by atoms with E-state index in [2.05, 4.69) is 0 Å². The zero-order chi connectivity index (χ0) is 13.1. The molecule has 0 radical (unpaired) electrons. The fraction of sp³-hybridized carbons (Fsp3) is 0.143. The van der Waals surface area contributed by atoms with Gasteiger partial charge in [0.25, 0.3) is 0 Å². The van der Waals surface area contributed by atoms with Crippen LogP contribution >= 0.6 is 23.2 Å². The second-order valence-corrected chi connectivity index (χ2v) is 4.89. The van der Waals surface area contributed by atoms with Crippen LogP contribution in [0.25, 0.3) is 0 Å². The van der Waals surface area contributed by atoms with Gasteiger partial charge in [-0.3, -0.25) is 0 Å². The van der Waals surface area contributed by atoms with E-state index in [4.69, 9.17) is 23.2 Å². The van der Waals surface area contributed by atoms with E-state index in [9.17, 15) is 8.78 Å². The standard InChI is InChI=1S/C14H10Cl2F2/c15-10-4-1-3-9(7-10)12(16)8-11-13(17)5-2-6-14(11)18/h1-7,12H,8H2. The van der Waals surface area contributed by atoms with Crippen molar-refractivity contribution in [3.63, 3.8) is 0 Å². The molecule has 0 saturated heterocycles. The van der Waals surface area contributed by atoms with E-state index >= 15 is 0 Å². The lowest BCUT2D eigenvalue weighted by Crippen LogP contribution is -2.01. The Kier molecular flexibility index (Phi) is 4.20. The summed E-state index contributed by atoms with van der Waals surface area (Å²) in [6.07, 6.45) is 0.0837. The Hall–Kier alpha value is -1.12. The average molecular weight is 287 g/mol. The number of hydrogen-bond donors (Lipinski definition) is 0. The molecule has 0 saturated carbocycles. The largest absolute Gasteiger partial charge is 0.207 e. The maximum absolute atomic E-state index is 13.5. The van der Waals surface area contributed by atoms with E-state index in [1.807, 2.05) is 0 Å². The van der Waals surface area contributed by atoms with Crippen molar-refractivity contribution < 1.29 is 8.78 Å². The molecule has 0 N–H and O–H groups in total. The fourth-order valence-electron chi connectivity index (χ4n) is 1.73. The first kappa shape index (κ1) is 13.3. The molecule has 0 fully saturated rings. The first-order valence-corrected chi connectivity index (χ1v) is 6.22. The Morgan fingerprint density at radius 3 is 2.22 bits per heavy atom. The molecule has 1 unspecified atom stereocenters. The van der Waals surface area contributed by atoms with E-state index in [0.29, 0.717) is 5.02 Å². The summed E-state index contributed by atoms with van der Waals surface area (Å²) in [6.45, 7) is 0. The molecule has 0 aliphatic rings. The Labute approximate surface area is 114 Å². The lowest BCUT2D eigenvalue weighted by Gasteiger charge is -2.11. The van der Waals surface area contributed by atoms with Crippen molar-refractivity contribution in [1.82, 2.24) is 0 Å². The third-order valence-electron chi connectivity index (χ3n) is 2.66. The number of alkyl halides is 1. The van der Waals surface area contributed by atoms with Gasteiger partial charge in [0.15, 0.2) is 0 Å². The van der Waals surface area contributed by atoms with Crippen molar-refractivity contribution in [2.75, 3.05) is 0 Å². The van der Waals surface area contributed by atoms with Crippen LogP contribution in [-0.4, -0.2) is 0 Å². The van der Waals surface area contributed by atoms with Crippen LogP contribution in [0.3, 0.4) is 0 Å². The molecule has 4 heteroatoms. The SMILES string of the molecule is Fc1cccc(F)c1CC(Cl)c1cccc(Cl)c1. The van der Waals surface area contributed by atoms with Crippen LogP contribution in [0.4, 0.5) is 8.78 Å². The van der Waals surface area contributed by atoms with E-state index in [1.165, 1.54) is 18.2 Å². The van der Waals surface area contributed by atoms with Gasteiger partial charge in [0, 0.05) is 10.6 Å². The maximum Gasteiger partial charge on any atom is 0.129 e. The zero-order valence-corrected chi connectivity index (χ0v) is 10.8. The number of rotatable bonds is 3. The molecule has 2 aromatic rings. The minimum absolute atomic E-state index is 0.00234. The predicted molar refractivity (Wildman–Crippen MR) is 70.1 cm³/mol. The van der Waals surface area contributed by atoms with Crippen LogP contribution in [0.2, 0.25) is 5.02 Å². The summed E-state index contributed by atoms with van der Waals surface area (Å²) in [5, 5.41) is 0.0299. The molecule has 0 aliphatic carbocycles. The predicted octanol–water partition coefficient (Wildman–Crippen LogP) is 5.14. The second-order valence-electron chi connectivity index (χ2n) is 3.93. The summed E-state index contributed by atoms with van der Waals surface area (Å²) in [5.41, 5.74) is 0.740. The van der Waals surface area contributed by atoms with Gasteiger partial charge in [-0.2, -0.15) is 0 Å². The van der Waals surface area contributed by atoms with Crippen LogP contribution in [0, 0.1) is 11.6 Å². The molecule has 0 aromatic heterocycles. The summed E-state index contributed by atoms with van der Waals surface area (Å²) in [6, 6.07) is 10.7. The van der Waals surface area contributed by atoms with E-state index in [-0.39, 0.29) is 12.0 Å². The Morgan fingerprint density at radius 2 is 1.61 bits per heavy atom. The van der Waals surface area contributed by atoms with Gasteiger partial charge in [0.1, 0.15) is 11.6 Å². The van der Waals surface area contributed by atoms with Gasteiger partial charge in [-0.05, 0) is 36.2 Å². The highest BCUT2D eigenvalue weighted by Gasteiger charge is 2.15. The van der Waals surface area contributed by atoms with Gasteiger partial charge in [-0.25, -0.2) is 8.78 Å². The molecular weight excluding hydrogens is 277 g/mol. The van der Waals surface area contributed by atoms with E-state index in [1.54, 1.807) is 24.3 Å². The molecule has 0 bridgehead atoms. The van der Waals surface area contributed by atoms with Crippen molar-refractivity contribution in [2.45, 2.75) is 11.8 Å². The van der Waals surface area contributed by atoms with Crippen molar-refractivity contribution in [3.05, 3.63) is 70.2 Å². The third-order valence-corrected chi connectivity index (χ3v) is 3.30. The lowest BCUT2D eigenvalue weighted by atomic mass is 10.0. The minimum atomic E-state index is -0.581. The summed E-state index contributed by atoms with van der Waals surface area (Å²) < 4.78 is 27.0. The fourth-order valence-corrected chi connectivity index (χ4v) is 2.21. The molecular formula is C14H10Cl2F2. The number of benzene rings is 2. The van der Waals surface area contributed by atoms with Gasteiger partial charge < -0.3 is 0 Å². The van der Waals surface area contributed by atoms with Crippen LogP contribution < -0.4 is 0 Å². The van der Waals surface area contributed by atoms with Gasteiger partial charge in [0.05, 0.1) is 5.38 Å². The summed E-state index contributed by atoms with van der Waals surface area (Å²) in [4.78, 5) is 0. The molecule has 0 heterocycles. The minimum Gasteiger partial charge on any atom is -0.207 e. The van der Waals surface area contributed by atoms with Gasteiger partial charge >= 0.3 is 0 Å². The Bertz CT molecular complexity index is 535. The van der Waals surface area contributed by atoms with Crippen LogP contribution in [-0.2, 0) is 6.42 Å². The number of hydrogen-bond acceptors (Lipinski definition) is 0. The highest BCUT2D eigenvalue weighted by Crippen LogP contribution is 2.28. The molecule has 0 aliphatic heterocycles. The molecule has 1 atom stereocenters. The van der Waals surface area contributed by atoms with Crippen molar-refractivity contribution in [1.29, 1.82) is 0 Å². The monoisotopic (exact) mass is 286 g/mol. The first-order valence-electron chi connectivity index (χ1n) is 5.40. The lowest BCUT2D eigenvalue weighted by molar-refractivity contribution is 0.553. The molecule has 18 heavy (non-hydrogen) atoms. The maximum atomic E-state index is 13.5. The molecule has 0 nitrogen and oxygen atoms in total. The molecule has 0 spiro atoms. The third kappa shape index (κ3) is 3.01. The topological polar surface area (TPSA) is 0 Å². The second kappa shape index (κ2) is 5.68. The number of halogens is 4. The quantitative estimate of drug-likeness (QED) is 0.685. The van der Waals surface area contributed by atoms with Crippen molar-refractivity contribution in [2.24, 2.45) is 0 Å². The Balaban J connectivity index is 2.24. The van der Waals surface area contributed by atoms with Gasteiger partial charge in [0.2, 0.25) is 0 Å². The molecule has 2 rings (SSSR count). The molecule has 2 aromatic carbocycles. The summed E-state index contributed by atoms with van der Waals surface area (Å²) in [7, 11) is 0. The van der Waals surface area contributed by atoms with E-state index in [0.717, 1.165) is 5.56 Å². The summed E-state index contributed by atoms with van der Waals surface area (Å²) >= 11 is 12.0. The van der Waals surface area contributed by atoms with Gasteiger partial charge in [-0.15, -0.1) is 11.6 Å². The highest BCUT2D eigenvalue weighted by molar-refractivity contribution is 6.30. The average Bonchev–Trinajstić information content (AvgIpc) is 2.34. The normalized spacial score (nSPS) is 12.4. The van der Waals surface area contributed by atoms with Crippen LogP contribution in [0.5, 0.6) is 0 Å². The Morgan fingerprint density at radius 1 is 1.00 bits per heavy atom. The van der Waals surface area contributed by atoms with Crippen LogP contribution in [0.1, 0.15) is 16.5 Å². The van der Waals surface area contributed by atoms with Gasteiger partial charge in [-0.1, -0.05) is 29.8 Å². The smallest absolute Gasteiger partial charge is 0.129 e. The summed E-state index contributed by atoms with van der Waals surface area (Å²) in [5.74, 6) is -1.16. The molecule has 94 valence electrons. The molecule has 0 amide bonds. The van der Waals surface area contributed by atoms with Crippen molar-refractivity contribution >= 4 is 23.2 Å². The van der Waals surface area contributed by atoms with E-state index < -0.39 is 17.0 Å². The first-order chi connectivity index (χ1) is 8.58. The van der Waals surface area contributed by atoms with Crippen molar-refractivity contribution in [3.8, 4) is 0 Å².